The second kappa shape index (κ2) is 9.97. The fourth-order valence-electron chi connectivity index (χ4n) is 9.27. The van der Waals surface area contributed by atoms with Gasteiger partial charge in [-0.2, -0.15) is 0 Å². The summed E-state index contributed by atoms with van der Waals surface area (Å²) in [6.45, 7) is 13.6. The van der Waals surface area contributed by atoms with E-state index in [1.807, 2.05) is 13.8 Å². The van der Waals surface area contributed by atoms with E-state index in [2.05, 4.69) is 26.8 Å². The Morgan fingerprint density at radius 2 is 1.78 bits per heavy atom. The first kappa shape index (κ1) is 28.6. The van der Waals surface area contributed by atoms with Crippen molar-refractivity contribution in [2.45, 2.75) is 130 Å². The number of hydrogen-bond acceptors (Lipinski definition) is 6. The van der Waals surface area contributed by atoms with E-state index in [1.54, 1.807) is 0 Å². The molecule has 0 heterocycles. The van der Waals surface area contributed by atoms with Crippen LogP contribution >= 0.6 is 0 Å². The fourth-order valence-corrected chi connectivity index (χ4v) is 9.27. The van der Waals surface area contributed by atoms with Gasteiger partial charge in [0.15, 0.2) is 0 Å². The third-order valence-corrected chi connectivity index (χ3v) is 11.1. The van der Waals surface area contributed by atoms with Gasteiger partial charge in [-0.25, -0.2) is 0 Å². The molecule has 3 saturated carbocycles. The SMILES string of the molecule is CC(=O)OC(CCC(C)(C)O)[C@@H](C)[C@H]1CC[C@H]2[C@@H]3CC=C4C[C@](O)(OC(C)=O)CC[C@]4(C)[C@H]3CC[C@]12C. The number of allylic oxidation sites excluding steroid dienone is 1. The summed E-state index contributed by atoms with van der Waals surface area (Å²) < 4.78 is 11.2. The monoisotopic (exact) mass is 518 g/mol. The Kier molecular flexibility index (Phi) is 7.71. The van der Waals surface area contributed by atoms with Gasteiger partial charge in [-0.1, -0.05) is 32.4 Å². The van der Waals surface area contributed by atoms with Crippen molar-refractivity contribution in [1.82, 2.24) is 0 Å². The molecule has 4 rings (SSSR count). The predicted molar refractivity (Wildman–Crippen MR) is 142 cm³/mol. The molecule has 0 spiro atoms. The molecule has 0 aliphatic heterocycles. The number of carbonyl (C=O) groups is 2. The number of ether oxygens (including phenoxy) is 2. The Labute approximate surface area is 223 Å². The van der Waals surface area contributed by atoms with Crippen LogP contribution in [0.15, 0.2) is 11.6 Å². The lowest BCUT2D eigenvalue weighted by atomic mass is 9.46. The molecule has 210 valence electrons. The number of esters is 2. The maximum atomic E-state index is 12.0. The van der Waals surface area contributed by atoms with Gasteiger partial charge in [0, 0.05) is 26.7 Å². The van der Waals surface area contributed by atoms with Gasteiger partial charge in [0.05, 0.1) is 5.60 Å². The van der Waals surface area contributed by atoms with Gasteiger partial charge in [0.2, 0.25) is 5.79 Å². The summed E-state index contributed by atoms with van der Waals surface area (Å²) in [5.74, 6) is 0.550. The average molecular weight is 519 g/mol. The summed E-state index contributed by atoms with van der Waals surface area (Å²) in [4.78, 5) is 23.6. The Morgan fingerprint density at radius 3 is 2.41 bits per heavy atom. The third kappa shape index (κ3) is 5.52. The van der Waals surface area contributed by atoms with E-state index in [-0.39, 0.29) is 28.8 Å². The predicted octanol–water partition coefficient (Wildman–Crippen LogP) is 5.94. The molecule has 0 radical (unpaired) electrons. The third-order valence-electron chi connectivity index (χ3n) is 11.1. The highest BCUT2D eigenvalue weighted by Crippen LogP contribution is 2.68. The summed E-state index contributed by atoms with van der Waals surface area (Å²) in [5.41, 5.74) is 0.758. The van der Waals surface area contributed by atoms with Crippen LogP contribution in [0.5, 0.6) is 0 Å². The van der Waals surface area contributed by atoms with Crippen LogP contribution in [0.25, 0.3) is 0 Å². The van der Waals surface area contributed by atoms with Crippen molar-refractivity contribution in [2.75, 3.05) is 0 Å². The minimum Gasteiger partial charge on any atom is -0.462 e. The zero-order valence-corrected chi connectivity index (χ0v) is 24.1. The molecule has 0 bridgehead atoms. The van der Waals surface area contributed by atoms with Gasteiger partial charge < -0.3 is 19.7 Å². The number of rotatable bonds is 7. The lowest BCUT2D eigenvalue weighted by molar-refractivity contribution is -0.221. The van der Waals surface area contributed by atoms with Gasteiger partial charge in [0.25, 0.3) is 0 Å². The molecular weight excluding hydrogens is 468 g/mol. The second-order valence-electron chi connectivity index (χ2n) is 14.1. The normalized spacial score (nSPS) is 40.9. The summed E-state index contributed by atoms with van der Waals surface area (Å²) >= 11 is 0. The molecule has 9 atom stereocenters. The van der Waals surface area contributed by atoms with Gasteiger partial charge in [-0.05, 0) is 106 Å². The number of hydrogen-bond donors (Lipinski definition) is 2. The smallest absolute Gasteiger partial charge is 0.305 e. The first-order chi connectivity index (χ1) is 17.1. The van der Waals surface area contributed by atoms with E-state index in [9.17, 15) is 19.8 Å². The number of carbonyl (C=O) groups excluding carboxylic acids is 2. The molecule has 4 aliphatic rings. The highest BCUT2D eigenvalue weighted by Gasteiger charge is 2.61. The highest BCUT2D eigenvalue weighted by atomic mass is 16.7. The molecule has 0 amide bonds. The van der Waals surface area contributed by atoms with E-state index < -0.39 is 17.4 Å². The molecule has 6 nitrogen and oxygen atoms in total. The Bertz CT molecular complexity index is 919. The van der Waals surface area contributed by atoms with Crippen molar-refractivity contribution < 1.29 is 29.3 Å². The summed E-state index contributed by atoms with van der Waals surface area (Å²) in [7, 11) is 0. The van der Waals surface area contributed by atoms with Crippen LogP contribution in [0.4, 0.5) is 0 Å². The molecule has 0 aromatic carbocycles. The minimum atomic E-state index is -1.37. The largest absolute Gasteiger partial charge is 0.462 e. The molecule has 0 saturated heterocycles. The van der Waals surface area contributed by atoms with Crippen molar-refractivity contribution in [3.8, 4) is 0 Å². The first-order valence-electron chi connectivity index (χ1n) is 14.6. The molecule has 3 fully saturated rings. The van der Waals surface area contributed by atoms with E-state index in [0.29, 0.717) is 49.4 Å². The van der Waals surface area contributed by atoms with Crippen molar-refractivity contribution in [3.05, 3.63) is 11.6 Å². The van der Waals surface area contributed by atoms with E-state index in [4.69, 9.17) is 9.47 Å². The standard InChI is InChI=1S/C31H50O6/c1-19(27(36-20(2)32)13-14-28(4,5)34)24-10-11-25-23-9-8-22-18-31(35,37-21(3)33)17-16-29(22,6)26(23)12-15-30(24,25)7/h8,19,23-27,34-35H,9-18H2,1-7H3/t19-,23-,24+,25-,26-,27?,29-,30+,31+/m0/s1. The molecule has 0 aromatic rings. The lowest BCUT2D eigenvalue weighted by Crippen LogP contribution is -2.53. The van der Waals surface area contributed by atoms with Crippen LogP contribution in [0, 0.1) is 40.4 Å². The van der Waals surface area contributed by atoms with Gasteiger partial charge in [0.1, 0.15) is 6.10 Å². The second-order valence-corrected chi connectivity index (χ2v) is 14.1. The van der Waals surface area contributed by atoms with Crippen LogP contribution in [-0.4, -0.2) is 39.6 Å². The van der Waals surface area contributed by atoms with Crippen LogP contribution in [0.1, 0.15) is 113 Å². The summed E-state index contributed by atoms with van der Waals surface area (Å²) in [5, 5.41) is 21.3. The van der Waals surface area contributed by atoms with Gasteiger partial charge in [-0.15, -0.1) is 0 Å². The van der Waals surface area contributed by atoms with Crippen LogP contribution in [0.2, 0.25) is 0 Å². The van der Waals surface area contributed by atoms with E-state index in [1.165, 1.54) is 38.7 Å². The molecule has 2 N–H and O–H groups in total. The first-order valence-corrected chi connectivity index (χ1v) is 14.6. The molecule has 0 aromatic heterocycles. The van der Waals surface area contributed by atoms with Crippen molar-refractivity contribution in [2.24, 2.45) is 40.4 Å². The molecule has 4 aliphatic carbocycles. The van der Waals surface area contributed by atoms with Crippen molar-refractivity contribution >= 4 is 11.9 Å². The van der Waals surface area contributed by atoms with E-state index in [0.717, 1.165) is 19.3 Å². The zero-order chi connectivity index (χ0) is 27.4. The molecular formula is C31H50O6. The summed E-state index contributed by atoms with van der Waals surface area (Å²) in [6.07, 6.45) is 11.0. The van der Waals surface area contributed by atoms with Crippen molar-refractivity contribution in [1.29, 1.82) is 0 Å². The lowest BCUT2D eigenvalue weighted by Gasteiger charge is -2.59. The van der Waals surface area contributed by atoms with Gasteiger partial charge in [-0.3, -0.25) is 9.59 Å². The zero-order valence-electron chi connectivity index (χ0n) is 24.1. The topological polar surface area (TPSA) is 93.1 Å². The van der Waals surface area contributed by atoms with Crippen LogP contribution < -0.4 is 0 Å². The van der Waals surface area contributed by atoms with Crippen LogP contribution in [-0.2, 0) is 19.1 Å². The molecule has 6 heteroatoms. The quantitative estimate of drug-likeness (QED) is 0.246. The molecule has 1 unspecified atom stereocenters. The maximum Gasteiger partial charge on any atom is 0.305 e. The maximum absolute atomic E-state index is 12.0. The van der Waals surface area contributed by atoms with E-state index >= 15 is 0 Å². The number of aliphatic hydroxyl groups is 2. The summed E-state index contributed by atoms with van der Waals surface area (Å²) in [6, 6.07) is 0. The number of fused-ring (bicyclic) bond motifs is 5. The highest BCUT2D eigenvalue weighted by molar-refractivity contribution is 5.66. The fraction of sp³-hybridized carbons (Fsp3) is 0.871. The average Bonchev–Trinajstić information content (AvgIpc) is 3.12. The Balaban J connectivity index is 1.53. The van der Waals surface area contributed by atoms with Crippen molar-refractivity contribution in [3.63, 3.8) is 0 Å². The van der Waals surface area contributed by atoms with Gasteiger partial charge >= 0.3 is 11.9 Å². The molecule has 37 heavy (non-hydrogen) atoms. The van der Waals surface area contributed by atoms with Crippen LogP contribution in [0.3, 0.4) is 0 Å². The Hall–Kier alpha value is -1.40. The minimum absolute atomic E-state index is 0.0489. The Morgan fingerprint density at radius 1 is 1.08 bits per heavy atom.